The maximum Gasteiger partial charge on any atom is 0.408 e. The van der Waals surface area contributed by atoms with Crippen LogP contribution in [0.3, 0.4) is 0 Å². The number of piperazine rings is 1. The van der Waals surface area contributed by atoms with Gasteiger partial charge in [-0.15, -0.1) is 0 Å². The van der Waals surface area contributed by atoms with Crippen LogP contribution in [0.5, 0.6) is 0 Å². The second kappa shape index (κ2) is 9.27. The highest BCUT2D eigenvalue weighted by molar-refractivity contribution is 5.90. The number of carbonyl (C=O) groups is 1. The van der Waals surface area contributed by atoms with Crippen LogP contribution < -0.4 is 0 Å². The van der Waals surface area contributed by atoms with Gasteiger partial charge in [0.1, 0.15) is 18.0 Å². The van der Waals surface area contributed by atoms with Crippen molar-refractivity contribution in [3.63, 3.8) is 0 Å². The van der Waals surface area contributed by atoms with Crippen molar-refractivity contribution in [2.24, 2.45) is 0 Å². The molecule has 0 bridgehead atoms. The van der Waals surface area contributed by atoms with E-state index in [4.69, 9.17) is 0 Å². The summed E-state index contributed by atoms with van der Waals surface area (Å²) in [4.78, 5) is 29.4. The molecule has 1 N–H and O–H groups in total. The van der Waals surface area contributed by atoms with Gasteiger partial charge in [0.2, 0.25) is 0 Å². The first-order valence-corrected chi connectivity index (χ1v) is 12.9. The van der Waals surface area contributed by atoms with Gasteiger partial charge in [-0.2, -0.15) is 23.5 Å². The molecule has 2 aliphatic heterocycles. The topological polar surface area (TPSA) is 110 Å². The Morgan fingerprint density at radius 2 is 1.97 bits per heavy atom. The summed E-state index contributed by atoms with van der Waals surface area (Å²) in [5, 5.41) is 15.1. The Kier molecular flexibility index (Phi) is 6.02. The molecule has 2 saturated heterocycles. The molecule has 3 aromatic heterocycles. The van der Waals surface area contributed by atoms with Crippen LogP contribution in [0.2, 0.25) is 0 Å². The maximum absolute atomic E-state index is 13.3. The van der Waals surface area contributed by atoms with Gasteiger partial charge in [-0.25, -0.2) is 14.8 Å². The number of nitrogens with zero attached hydrogens (tertiary/aromatic N) is 8. The summed E-state index contributed by atoms with van der Waals surface area (Å²) in [6.07, 6.45) is 4.77. The molecule has 0 aromatic carbocycles. The highest BCUT2D eigenvalue weighted by atomic mass is 19.4. The van der Waals surface area contributed by atoms with Crippen molar-refractivity contribution in [3.8, 4) is 17.3 Å². The maximum atomic E-state index is 13.3. The number of aromatic nitrogens is 5. The number of alkyl halides is 3. The predicted octanol–water partition coefficient (Wildman–Crippen LogP) is 3.36. The minimum Gasteiger partial charge on any atom is -0.346 e. The Morgan fingerprint density at radius 3 is 2.71 bits per heavy atom. The number of amides is 2. The van der Waals surface area contributed by atoms with Crippen LogP contribution in [-0.2, 0) is 5.54 Å². The quantitative estimate of drug-likeness (QED) is 0.557. The number of H-pyrrole nitrogens is 1. The van der Waals surface area contributed by atoms with Crippen molar-refractivity contribution < 1.29 is 18.0 Å². The summed E-state index contributed by atoms with van der Waals surface area (Å²) in [6.45, 7) is 2.14. The smallest absolute Gasteiger partial charge is 0.346 e. The lowest BCUT2D eigenvalue weighted by molar-refractivity contribution is -0.170. The number of nitrogens with one attached hydrogen (secondary N) is 1. The molecule has 10 nitrogen and oxygen atoms in total. The van der Waals surface area contributed by atoms with Crippen molar-refractivity contribution in [3.05, 3.63) is 31.0 Å². The summed E-state index contributed by atoms with van der Waals surface area (Å²) >= 11 is 0. The van der Waals surface area contributed by atoms with Crippen LogP contribution >= 0.6 is 0 Å². The Bertz CT molecular complexity index is 1360. The van der Waals surface area contributed by atoms with E-state index >= 15 is 0 Å². The highest BCUT2D eigenvalue weighted by Gasteiger charge is 2.51. The molecule has 13 heteroatoms. The van der Waals surface area contributed by atoms with Gasteiger partial charge < -0.3 is 14.8 Å². The van der Waals surface area contributed by atoms with E-state index < -0.39 is 23.8 Å². The number of likely N-dealkylation sites (tertiary alicyclic amines) is 1. The minimum absolute atomic E-state index is 0.0271. The monoisotopic (exact) mass is 527 g/mol. The van der Waals surface area contributed by atoms with Gasteiger partial charge in [0.15, 0.2) is 0 Å². The van der Waals surface area contributed by atoms with Gasteiger partial charge in [0, 0.05) is 62.1 Å². The molecule has 6 rings (SSSR count). The van der Waals surface area contributed by atoms with E-state index in [9.17, 15) is 23.2 Å². The number of rotatable bonds is 4. The van der Waals surface area contributed by atoms with Crippen molar-refractivity contribution >= 4 is 17.1 Å². The molecule has 3 aromatic rings. The zero-order valence-electron chi connectivity index (χ0n) is 20.7. The number of fused-ring (bicyclic) bond motifs is 1. The zero-order chi connectivity index (χ0) is 26.5. The van der Waals surface area contributed by atoms with Crippen molar-refractivity contribution in [2.75, 3.05) is 32.7 Å². The first-order chi connectivity index (χ1) is 18.3. The average molecular weight is 528 g/mol. The van der Waals surface area contributed by atoms with Crippen LogP contribution in [-0.4, -0.2) is 96.4 Å². The number of hydrogen-bond donors (Lipinski definition) is 1. The van der Waals surface area contributed by atoms with Gasteiger partial charge in [-0.3, -0.25) is 9.58 Å². The molecule has 3 aliphatic rings. The Morgan fingerprint density at radius 1 is 1.18 bits per heavy atom. The SMILES string of the molecule is N#CC[C@]1(n2cc(-c3ncnc4[nH]ccc34)cn2)C[C@@H](N2CCN(C(=O)N3CCC[C@@H]3C(F)(F)F)CC2)C1. The number of urea groups is 1. The fourth-order valence-electron chi connectivity index (χ4n) is 6.24. The largest absolute Gasteiger partial charge is 0.408 e. The van der Waals surface area contributed by atoms with E-state index in [-0.39, 0.29) is 19.0 Å². The third kappa shape index (κ3) is 4.16. The molecule has 0 unspecified atom stereocenters. The van der Waals surface area contributed by atoms with Gasteiger partial charge in [-0.1, -0.05) is 0 Å². The van der Waals surface area contributed by atoms with Crippen LogP contribution in [0, 0.1) is 11.3 Å². The van der Waals surface area contributed by atoms with Crippen molar-refractivity contribution in [2.45, 2.75) is 55.9 Å². The van der Waals surface area contributed by atoms with Crippen LogP contribution in [0.1, 0.15) is 32.1 Å². The number of hydrogen-bond acceptors (Lipinski definition) is 6. The first-order valence-electron chi connectivity index (χ1n) is 12.9. The number of halogens is 3. The van der Waals surface area contributed by atoms with Crippen LogP contribution in [0.4, 0.5) is 18.0 Å². The van der Waals surface area contributed by atoms with Crippen molar-refractivity contribution in [1.29, 1.82) is 5.26 Å². The molecule has 200 valence electrons. The summed E-state index contributed by atoms with van der Waals surface area (Å²) in [6, 6.07) is 2.27. The highest BCUT2D eigenvalue weighted by Crippen LogP contribution is 2.45. The van der Waals surface area contributed by atoms with Crippen LogP contribution in [0.15, 0.2) is 31.0 Å². The van der Waals surface area contributed by atoms with E-state index in [0.29, 0.717) is 39.0 Å². The standard InChI is InChI=1S/C25H28F3N9O/c26-25(27,28)20-2-1-7-36(20)23(38)35-10-8-34(9-11-35)18-12-24(13-18,4-5-29)37-15-17(14-33-37)21-19-3-6-30-22(19)32-16-31-21/h3,6,14-16,18,20H,1-2,4,7-13H2,(H,30,31,32)/t18-,20-,24+/m1/s1. The fourth-order valence-corrected chi connectivity index (χ4v) is 6.24. The Labute approximate surface area is 217 Å². The molecule has 0 radical (unpaired) electrons. The summed E-state index contributed by atoms with van der Waals surface area (Å²) in [5.41, 5.74) is 1.94. The number of nitriles is 1. The lowest BCUT2D eigenvalue weighted by Gasteiger charge is -2.52. The first kappa shape index (κ1) is 24.7. The summed E-state index contributed by atoms with van der Waals surface area (Å²) < 4.78 is 41.9. The Hall–Kier alpha value is -3.66. The normalized spacial score (nSPS) is 26.5. The van der Waals surface area contributed by atoms with E-state index in [0.717, 1.165) is 40.0 Å². The molecule has 1 aliphatic carbocycles. The molecular weight excluding hydrogens is 499 g/mol. The van der Waals surface area contributed by atoms with E-state index in [1.54, 1.807) is 11.1 Å². The zero-order valence-corrected chi connectivity index (χ0v) is 20.7. The van der Waals surface area contributed by atoms with Crippen LogP contribution in [0.25, 0.3) is 22.3 Å². The number of carbonyl (C=O) groups excluding carboxylic acids is 1. The molecule has 0 spiro atoms. The molecule has 3 fully saturated rings. The third-order valence-corrected chi connectivity index (χ3v) is 8.31. The second-order valence-electron chi connectivity index (χ2n) is 10.5. The van der Waals surface area contributed by atoms with Gasteiger partial charge in [-0.05, 0) is 31.7 Å². The van der Waals surface area contributed by atoms with Crippen molar-refractivity contribution in [1.82, 2.24) is 39.4 Å². The molecule has 1 atom stereocenters. The summed E-state index contributed by atoms with van der Waals surface area (Å²) in [5.74, 6) is 0. The van der Waals surface area contributed by atoms with Gasteiger partial charge in [0.05, 0.1) is 29.9 Å². The predicted molar refractivity (Wildman–Crippen MR) is 131 cm³/mol. The Balaban J connectivity index is 1.10. The lowest BCUT2D eigenvalue weighted by atomic mass is 9.70. The fraction of sp³-hybridized carbons (Fsp3) is 0.560. The minimum atomic E-state index is -4.39. The van der Waals surface area contributed by atoms with E-state index in [1.807, 2.05) is 23.1 Å². The average Bonchev–Trinajstić information content (AvgIpc) is 3.65. The molecule has 38 heavy (non-hydrogen) atoms. The molecule has 5 heterocycles. The second-order valence-corrected chi connectivity index (χ2v) is 10.5. The van der Waals surface area contributed by atoms with E-state index in [1.165, 1.54) is 6.33 Å². The van der Waals surface area contributed by atoms with Gasteiger partial charge >= 0.3 is 12.2 Å². The molecular formula is C25H28F3N9O. The molecule has 2 amide bonds. The molecule has 1 saturated carbocycles. The van der Waals surface area contributed by atoms with E-state index in [2.05, 4.69) is 31.0 Å². The number of aromatic amines is 1. The van der Waals surface area contributed by atoms with Gasteiger partial charge in [0.25, 0.3) is 0 Å². The lowest BCUT2D eigenvalue weighted by Crippen LogP contribution is -2.62. The summed E-state index contributed by atoms with van der Waals surface area (Å²) in [7, 11) is 0. The third-order valence-electron chi connectivity index (χ3n) is 8.31.